The van der Waals surface area contributed by atoms with Crippen molar-refractivity contribution in [2.24, 2.45) is 5.92 Å². The first-order valence-corrected chi connectivity index (χ1v) is 14.2. The molecule has 3 amide bonds. The number of fused-ring (bicyclic) bond motifs is 2. The van der Waals surface area contributed by atoms with Crippen LogP contribution in [0.1, 0.15) is 90.9 Å². The highest BCUT2D eigenvalue weighted by molar-refractivity contribution is 5.96. The van der Waals surface area contributed by atoms with Gasteiger partial charge >= 0.3 is 12.1 Å². The second kappa shape index (κ2) is 11.9. The summed E-state index contributed by atoms with van der Waals surface area (Å²) in [7, 11) is 0. The highest BCUT2D eigenvalue weighted by Crippen LogP contribution is 2.45. The summed E-state index contributed by atoms with van der Waals surface area (Å²) >= 11 is 0. The van der Waals surface area contributed by atoms with Crippen LogP contribution in [-0.2, 0) is 25.5 Å². The molecule has 0 radical (unpaired) electrons. The first-order chi connectivity index (χ1) is 18.9. The molecule has 40 heavy (non-hydrogen) atoms. The largest absolute Gasteiger partial charge is 0.479 e. The van der Waals surface area contributed by atoms with Gasteiger partial charge < -0.3 is 25.4 Å². The first kappa shape index (κ1) is 29.5. The van der Waals surface area contributed by atoms with Gasteiger partial charge in [0.2, 0.25) is 11.8 Å². The number of rotatable bonds is 5. The molecule has 3 N–H and O–H groups in total. The summed E-state index contributed by atoms with van der Waals surface area (Å²) in [4.78, 5) is 55.4. The van der Waals surface area contributed by atoms with Gasteiger partial charge in [-0.2, -0.15) is 4.80 Å². The minimum atomic E-state index is -1.39. The molecule has 0 unspecified atom stereocenters. The van der Waals surface area contributed by atoms with Gasteiger partial charge in [0.05, 0.1) is 6.04 Å². The minimum Gasteiger partial charge on any atom is -0.479 e. The van der Waals surface area contributed by atoms with Crippen LogP contribution in [0, 0.1) is 5.92 Å². The summed E-state index contributed by atoms with van der Waals surface area (Å²) in [5, 5.41) is 28.2. The number of carboxylic acid groups (broad SMARTS) is 1. The molecular formula is C27H41N7O6. The Labute approximate surface area is 234 Å². The molecule has 3 heterocycles. The van der Waals surface area contributed by atoms with E-state index in [0.717, 1.165) is 25.7 Å². The van der Waals surface area contributed by atoms with E-state index in [4.69, 9.17) is 4.74 Å². The number of aliphatic carboxylic acids is 1. The Hall–Kier alpha value is -3.51. The predicted molar refractivity (Wildman–Crippen MR) is 143 cm³/mol. The second-order valence-electron chi connectivity index (χ2n) is 12.0. The maximum Gasteiger partial charge on any atom is 0.408 e. The number of amides is 3. The zero-order chi connectivity index (χ0) is 29.1. The molecule has 5 atom stereocenters. The monoisotopic (exact) mass is 559 g/mol. The minimum absolute atomic E-state index is 0.120. The van der Waals surface area contributed by atoms with E-state index < -0.39 is 53.1 Å². The van der Waals surface area contributed by atoms with E-state index in [1.165, 1.54) is 9.70 Å². The van der Waals surface area contributed by atoms with Crippen molar-refractivity contribution in [2.75, 3.05) is 6.54 Å². The topological polar surface area (TPSA) is 169 Å². The summed E-state index contributed by atoms with van der Waals surface area (Å²) in [5.41, 5.74) is -2.14. The van der Waals surface area contributed by atoms with Crippen molar-refractivity contribution in [3.05, 3.63) is 18.0 Å². The Balaban J connectivity index is 1.63. The molecule has 220 valence electrons. The Morgan fingerprint density at radius 2 is 2.02 bits per heavy atom. The number of carboxylic acids is 1. The quantitative estimate of drug-likeness (QED) is 0.458. The van der Waals surface area contributed by atoms with E-state index in [2.05, 4.69) is 26.0 Å². The van der Waals surface area contributed by atoms with Crippen LogP contribution in [0.4, 0.5) is 4.79 Å². The predicted octanol–water partition coefficient (Wildman–Crippen LogP) is 2.14. The van der Waals surface area contributed by atoms with Crippen LogP contribution < -0.4 is 10.6 Å². The highest BCUT2D eigenvalue weighted by atomic mass is 16.6. The van der Waals surface area contributed by atoms with Crippen LogP contribution in [0.5, 0.6) is 0 Å². The van der Waals surface area contributed by atoms with Gasteiger partial charge in [0.25, 0.3) is 0 Å². The van der Waals surface area contributed by atoms with E-state index in [-0.39, 0.29) is 18.9 Å². The molecule has 1 aromatic heterocycles. The molecule has 13 nitrogen and oxygen atoms in total. The molecule has 3 aliphatic rings. The van der Waals surface area contributed by atoms with Crippen molar-refractivity contribution in [3.8, 4) is 0 Å². The molecule has 4 rings (SSSR count). The number of nitrogens with one attached hydrogen (secondary N) is 2. The number of tetrazole rings is 1. The van der Waals surface area contributed by atoms with Gasteiger partial charge in [0, 0.05) is 25.3 Å². The lowest BCUT2D eigenvalue weighted by Crippen LogP contribution is -2.56. The SMILES string of the molecule is CCCc1nnn([C@@H]2C[C@H]3C(=O)N[C@]4(C(=O)O)C[C@H]4C=CCCCCC[C@H](NC(=O)OC(C)(C)C)C(=O)N3C2)n1. The Bertz CT molecular complexity index is 1140. The normalized spacial score (nSPS) is 29.4. The summed E-state index contributed by atoms with van der Waals surface area (Å²) < 4.78 is 5.42. The summed E-state index contributed by atoms with van der Waals surface area (Å²) in [5.74, 6) is -1.81. The first-order valence-electron chi connectivity index (χ1n) is 14.2. The molecule has 1 aliphatic carbocycles. The Kier molecular flexibility index (Phi) is 8.79. The zero-order valence-corrected chi connectivity index (χ0v) is 23.8. The fraction of sp³-hybridized carbons (Fsp3) is 0.741. The lowest BCUT2D eigenvalue weighted by atomic mass is 10.0. The third-order valence-electron chi connectivity index (χ3n) is 7.60. The summed E-state index contributed by atoms with van der Waals surface area (Å²) in [6.07, 6.45) is 8.60. The van der Waals surface area contributed by atoms with Crippen LogP contribution in [0.25, 0.3) is 0 Å². The number of aryl methyl sites for hydroxylation is 1. The van der Waals surface area contributed by atoms with Gasteiger partial charge in [0.15, 0.2) is 5.82 Å². The van der Waals surface area contributed by atoms with Crippen molar-refractivity contribution in [2.45, 2.75) is 115 Å². The van der Waals surface area contributed by atoms with Gasteiger partial charge in [0.1, 0.15) is 23.2 Å². The van der Waals surface area contributed by atoms with Crippen molar-refractivity contribution >= 4 is 23.9 Å². The molecule has 1 aromatic rings. The lowest BCUT2D eigenvalue weighted by Gasteiger charge is -2.30. The number of ether oxygens (including phenoxy) is 1. The van der Waals surface area contributed by atoms with Crippen molar-refractivity contribution in [1.82, 2.24) is 35.7 Å². The van der Waals surface area contributed by atoms with Crippen molar-refractivity contribution in [1.29, 1.82) is 0 Å². The molecule has 13 heteroatoms. The fourth-order valence-corrected chi connectivity index (χ4v) is 5.43. The number of carbonyl (C=O) groups excluding carboxylic acids is 3. The number of carbonyl (C=O) groups is 4. The van der Waals surface area contributed by atoms with Gasteiger partial charge in [-0.25, -0.2) is 9.59 Å². The van der Waals surface area contributed by atoms with Crippen LogP contribution >= 0.6 is 0 Å². The second-order valence-corrected chi connectivity index (χ2v) is 12.0. The highest BCUT2D eigenvalue weighted by Gasteiger charge is 2.61. The number of hydrogen-bond donors (Lipinski definition) is 3. The van der Waals surface area contributed by atoms with Gasteiger partial charge in [-0.05, 0) is 58.1 Å². The molecule has 1 saturated carbocycles. The maximum absolute atomic E-state index is 14.0. The maximum atomic E-state index is 14.0. The van der Waals surface area contributed by atoms with Crippen LogP contribution in [0.2, 0.25) is 0 Å². The van der Waals surface area contributed by atoms with Crippen LogP contribution in [0.15, 0.2) is 12.2 Å². The molecule has 2 aliphatic heterocycles. The number of hydrogen-bond acceptors (Lipinski definition) is 8. The molecular weight excluding hydrogens is 518 g/mol. The van der Waals surface area contributed by atoms with Crippen LogP contribution in [0.3, 0.4) is 0 Å². The summed E-state index contributed by atoms with van der Waals surface area (Å²) in [6, 6.07) is -2.31. The molecule has 0 spiro atoms. The van der Waals surface area contributed by atoms with E-state index in [1.54, 1.807) is 20.8 Å². The molecule has 0 bridgehead atoms. The van der Waals surface area contributed by atoms with Crippen molar-refractivity contribution < 1.29 is 29.0 Å². The van der Waals surface area contributed by atoms with Crippen LogP contribution in [-0.4, -0.2) is 83.9 Å². The molecule has 0 aromatic carbocycles. The van der Waals surface area contributed by atoms with E-state index in [0.29, 0.717) is 31.5 Å². The van der Waals surface area contributed by atoms with Gasteiger partial charge in [-0.1, -0.05) is 31.9 Å². The van der Waals surface area contributed by atoms with Gasteiger partial charge in [-0.3, -0.25) is 9.59 Å². The number of nitrogens with zero attached hydrogens (tertiary/aromatic N) is 5. The number of alkyl carbamates (subject to hydrolysis) is 1. The number of aromatic nitrogens is 4. The van der Waals surface area contributed by atoms with E-state index in [1.807, 2.05) is 19.1 Å². The third kappa shape index (κ3) is 6.79. The average Bonchev–Trinajstić information content (AvgIpc) is 3.18. The third-order valence-corrected chi connectivity index (χ3v) is 7.60. The average molecular weight is 560 g/mol. The lowest BCUT2D eigenvalue weighted by molar-refractivity contribution is -0.145. The standard InChI is InChI=1S/C27H41N7O6/c1-5-11-21-30-32-34(31-21)18-14-20-22(35)29-27(24(37)38)15-17(27)12-9-7-6-8-10-13-19(23(36)33(20)16-18)28-25(39)40-26(2,3)4/h9,12,17-20H,5-8,10-11,13-16H2,1-4H3,(H,28,39)(H,29,35)(H,37,38)/t17-,18-,19+,20+,27-/m1/s1. The molecule has 1 saturated heterocycles. The summed E-state index contributed by atoms with van der Waals surface area (Å²) in [6.45, 7) is 7.35. The fourth-order valence-electron chi connectivity index (χ4n) is 5.43. The van der Waals surface area contributed by atoms with E-state index >= 15 is 0 Å². The van der Waals surface area contributed by atoms with E-state index in [9.17, 15) is 24.3 Å². The smallest absolute Gasteiger partial charge is 0.408 e. The van der Waals surface area contributed by atoms with Crippen molar-refractivity contribution in [3.63, 3.8) is 0 Å². The number of allylic oxidation sites excluding steroid dienone is 1. The zero-order valence-electron chi connectivity index (χ0n) is 23.8. The Morgan fingerprint density at radius 1 is 1.25 bits per heavy atom. The Morgan fingerprint density at radius 3 is 2.73 bits per heavy atom. The molecule has 2 fully saturated rings. The van der Waals surface area contributed by atoms with Gasteiger partial charge in [-0.15, -0.1) is 10.2 Å².